The quantitative estimate of drug-likeness (QED) is 0.321. The van der Waals surface area contributed by atoms with Crippen LogP contribution in [0.4, 0.5) is 5.69 Å². The highest BCUT2D eigenvalue weighted by Crippen LogP contribution is 2.33. The Morgan fingerprint density at radius 2 is 1.29 bits per heavy atom. The second-order valence-corrected chi connectivity index (χ2v) is 7.63. The molecular weight excluding hydrogens is 454 g/mol. The molecule has 1 unspecified atom stereocenters. The summed E-state index contributed by atoms with van der Waals surface area (Å²) in [4.78, 5) is 67.5. The molecule has 35 heavy (non-hydrogen) atoms. The summed E-state index contributed by atoms with van der Waals surface area (Å²) in [5.74, 6) is -5.90. The first-order chi connectivity index (χ1) is 16.8. The van der Waals surface area contributed by atoms with E-state index in [1.54, 1.807) is 51.1 Å². The Balaban J connectivity index is 2.32. The molecule has 1 atom stereocenters. The number of ketones is 1. The van der Waals surface area contributed by atoms with Gasteiger partial charge in [0.2, 0.25) is 0 Å². The van der Waals surface area contributed by atoms with Gasteiger partial charge in [0.1, 0.15) is 0 Å². The summed E-state index contributed by atoms with van der Waals surface area (Å²) < 4.78 is 15.4. The van der Waals surface area contributed by atoms with Crippen LogP contribution < -0.4 is 4.90 Å². The van der Waals surface area contributed by atoms with Crippen molar-refractivity contribution in [3.05, 3.63) is 65.2 Å². The Morgan fingerprint density at radius 3 is 1.89 bits per heavy atom. The van der Waals surface area contributed by atoms with Crippen LogP contribution in [0.5, 0.6) is 0 Å². The Kier molecular flexibility index (Phi) is 8.35. The molecule has 0 bridgehead atoms. The average Bonchev–Trinajstić information content (AvgIpc) is 2.84. The number of nitrogens with zero attached hydrogens (tertiary/aromatic N) is 1. The van der Waals surface area contributed by atoms with Crippen LogP contribution in [0.25, 0.3) is 0 Å². The van der Waals surface area contributed by atoms with Crippen LogP contribution in [-0.2, 0) is 35.0 Å². The maximum absolute atomic E-state index is 14.0. The first-order valence-corrected chi connectivity index (χ1v) is 11.4. The number of esters is 3. The zero-order valence-electron chi connectivity index (χ0n) is 19.8. The van der Waals surface area contributed by atoms with Crippen LogP contribution in [0, 0.1) is 5.92 Å². The van der Waals surface area contributed by atoms with Crippen LogP contribution >= 0.6 is 0 Å². The maximum Gasteiger partial charge on any atom is 0.330 e. The molecular formula is C26H27NO8. The summed E-state index contributed by atoms with van der Waals surface area (Å²) >= 11 is 0. The summed E-state index contributed by atoms with van der Waals surface area (Å²) in [6.07, 6.45) is -0.0317. The van der Waals surface area contributed by atoms with Crippen molar-refractivity contribution in [2.24, 2.45) is 5.92 Å². The minimum atomic E-state index is -1.84. The second-order valence-electron chi connectivity index (χ2n) is 7.63. The minimum absolute atomic E-state index is 0.0317. The number of amides is 1. The summed E-state index contributed by atoms with van der Waals surface area (Å²) in [7, 11) is 0. The normalized spacial score (nSPS) is 13.8. The van der Waals surface area contributed by atoms with E-state index >= 15 is 0 Å². The molecule has 1 aliphatic heterocycles. The van der Waals surface area contributed by atoms with Gasteiger partial charge >= 0.3 is 17.9 Å². The molecule has 0 aliphatic carbocycles. The highest BCUT2D eigenvalue weighted by atomic mass is 16.6. The first kappa shape index (κ1) is 25.6. The van der Waals surface area contributed by atoms with Crippen molar-refractivity contribution < 1.29 is 38.2 Å². The predicted octanol–water partition coefficient (Wildman–Crippen LogP) is 2.75. The Morgan fingerprint density at radius 1 is 0.771 bits per heavy atom. The zero-order chi connectivity index (χ0) is 25.5. The predicted molar refractivity (Wildman–Crippen MR) is 125 cm³/mol. The van der Waals surface area contributed by atoms with Gasteiger partial charge in [-0.3, -0.25) is 24.1 Å². The van der Waals surface area contributed by atoms with E-state index in [-0.39, 0.29) is 48.8 Å². The van der Waals surface area contributed by atoms with E-state index in [1.807, 2.05) is 0 Å². The van der Waals surface area contributed by atoms with E-state index in [0.29, 0.717) is 5.56 Å². The molecule has 0 spiro atoms. The lowest BCUT2D eigenvalue weighted by atomic mass is 9.90. The van der Waals surface area contributed by atoms with Crippen LogP contribution in [0.3, 0.4) is 0 Å². The first-order valence-electron chi connectivity index (χ1n) is 11.4. The van der Waals surface area contributed by atoms with Crippen LogP contribution in [-0.4, -0.2) is 55.5 Å². The van der Waals surface area contributed by atoms with Crippen molar-refractivity contribution in [1.82, 2.24) is 0 Å². The fourth-order valence-corrected chi connectivity index (χ4v) is 4.02. The van der Waals surface area contributed by atoms with Gasteiger partial charge in [-0.15, -0.1) is 0 Å². The van der Waals surface area contributed by atoms with Crippen molar-refractivity contribution in [1.29, 1.82) is 0 Å². The molecule has 1 heterocycles. The molecule has 2 aromatic rings. The third-order valence-corrected chi connectivity index (χ3v) is 5.48. The van der Waals surface area contributed by atoms with Crippen molar-refractivity contribution in [2.45, 2.75) is 33.2 Å². The molecule has 9 nitrogen and oxygen atoms in total. The van der Waals surface area contributed by atoms with Crippen LogP contribution in [0.15, 0.2) is 48.5 Å². The number of ether oxygens (including phenoxy) is 3. The molecule has 9 heteroatoms. The monoisotopic (exact) mass is 481 g/mol. The van der Waals surface area contributed by atoms with Crippen molar-refractivity contribution in [3.63, 3.8) is 0 Å². The lowest BCUT2D eigenvalue weighted by Crippen LogP contribution is -2.56. The van der Waals surface area contributed by atoms with Crippen molar-refractivity contribution in [2.75, 3.05) is 24.7 Å². The molecule has 0 radical (unpaired) electrons. The standard InChI is InChI=1S/C26H27NO8/c1-4-33-24(30)21(25(31)34-5-2)22(26(32)35-6-3)27-19-14-10-9-13-18(19)20(28)15-16-11-7-8-12-17(16)23(27)29/h7-14,21-22H,4-6,15H2,1-3H3. The summed E-state index contributed by atoms with van der Waals surface area (Å²) in [6.45, 7) is 4.43. The van der Waals surface area contributed by atoms with E-state index in [2.05, 4.69) is 0 Å². The number of fused-ring (bicyclic) bond motifs is 2. The Bertz CT molecular complexity index is 1120. The molecule has 1 amide bonds. The lowest BCUT2D eigenvalue weighted by Gasteiger charge is -2.35. The van der Waals surface area contributed by atoms with Crippen LogP contribution in [0.2, 0.25) is 0 Å². The molecule has 0 saturated heterocycles. The second kappa shape index (κ2) is 11.4. The highest BCUT2D eigenvalue weighted by molar-refractivity contribution is 6.18. The molecule has 0 aromatic heterocycles. The van der Waals surface area contributed by atoms with E-state index in [0.717, 1.165) is 4.90 Å². The summed E-state index contributed by atoms with van der Waals surface area (Å²) in [6, 6.07) is 10.9. The lowest BCUT2D eigenvalue weighted by molar-refractivity contribution is -0.167. The van der Waals surface area contributed by atoms with Gasteiger partial charge in [-0.1, -0.05) is 30.3 Å². The van der Waals surface area contributed by atoms with Gasteiger partial charge in [-0.05, 0) is 44.5 Å². The zero-order valence-corrected chi connectivity index (χ0v) is 19.8. The van der Waals surface area contributed by atoms with Gasteiger partial charge in [0, 0.05) is 17.5 Å². The van der Waals surface area contributed by atoms with Gasteiger partial charge in [0.15, 0.2) is 17.7 Å². The van der Waals surface area contributed by atoms with Crippen LogP contribution in [0.1, 0.15) is 47.1 Å². The Hall–Kier alpha value is -4.01. The minimum Gasteiger partial charge on any atom is -0.465 e. The average molecular weight is 482 g/mol. The number of hydrogen-bond acceptors (Lipinski definition) is 8. The van der Waals surface area contributed by atoms with E-state index < -0.39 is 35.8 Å². The van der Waals surface area contributed by atoms with Gasteiger partial charge in [-0.25, -0.2) is 4.79 Å². The molecule has 184 valence electrons. The summed E-state index contributed by atoms with van der Waals surface area (Å²) in [5, 5.41) is 0. The molecule has 0 fully saturated rings. The number of Topliss-reactive ketones (excluding diaryl/α,β-unsaturated/α-hetero) is 1. The number of carbonyl (C=O) groups excluding carboxylic acids is 5. The molecule has 0 N–H and O–H groups in total. The van der Waals surface area contributed by atoms with Gasteiger partial charge in [0.25, 0.3) is 5.91 Å². The SMILES string of the molecule is CCOC(=O)C(C(=O)OCC)C(C(=O)OCC)N1C(=O)c2ccccc2CC(=O)c2ccccc21. The van der Waals surface area contributed by atoms with E-state index in [4.69, 9.17) is 14.2 Å². The Labute approximate surface area is 202 Å². The smallest absolute Gasteiger partial charge is 0.330 e. The van der Waals surface area contributed by atoms with Gasteiger partial charge in [-0.2, -0.15) is 0 Å². The molecule has 0 saturated carbocycles. The largest absolute Gasteiger partial charge is 0.465 e. The van der Waals surface area contributed by atoms with Gasteiger partial charge < -0.3 is 14.2 Å². The number of anilines is 1. The number of benzene rings is 2. The number of hydrogen-bond donors (Lipinski definition) is 0. The molecule has 2 aromatic carbocycles. The van der Waals surface area contributed by atoms with Crippen molar-refractivity contribution in [3.8, 4) is 0 Å². The summed E-state index contributed by atoms with van der Waals surface area (Å²) in [5.41, 5.74) is 0.856. The van der Waals surface area contributed by atoms with Crippen molar-refractivity contribution >= 4 is 35.3 Å². The van der Waals surface area contributed by atoms with Gasteiger partial charge in [0.05, 0.1) is 25.5 Å². The number of carbonyl (C=O) groups is 5. The molecule has 3 rings (SSSR count). The fraction of sp³-hybridized carbons (Fsp3) is 0.346. The maximum atomic E-state index is 14.0. The van der Waals surface area contributed by atoms with E-state index in [1.165, 1.54) is 18.2 Å². The van der Waals surface area contributed by atoms with E-state index in [9.17, 15) is 24.0 Å². The number of para-hydroxylation sites is 1. The fourth-order valence-electron chi connectivity index (χ4n) is 4.02. The number of rotatable bonds is 8. The third-order valence-electron chi connectivity index (χ3n) is 5.48. The highest BCUT2D eigenvalue weighted by Gasteiger charge is 2.49. The third kappa shape index (κ3) is 5.24. The topological polar surface area (TPSA) is 116 Å². The molecule has 1 aliphatic rings.